The molecule has 0 aromatic carbocycles. The molecule has 1 saturated heterocycles. The van der Waals surface area contributed by atoms with Gasteiger partial charge in [0, 0.05) is 25.3 Å². The second-order valence-corrected chi connectivity index (χ2v) is 6.32. The first-order valence-electron chi connectivity index (χ1n) is 8.37. The van der Waals surface area contributed by atoms with Crippen molar-refractivity contribution in [1.29, 1.82) is 0 Å². The number of ether oxygens (including phenoxy) is 1. The predicted molar refractivity (Wildman–Crippen MR) is 80.6 cm³/mol. The minimum atomic E-state index is 0.697. The lowest BCUT2D eigenvalue weighted by molar-refractivity contribution is 0.142. The molecular formula is C16H32N2O. The summed E-state index contributed by atoms with van der Waals surface area (Å²) in [6.07, 6.45) is 12.2. The van der Waals surface area contributed by atoms with Crippen LogP contribution >= 0.6 is 0 Å². The molecule has 1 heterocycles. The fourth-order valence-electron chi connectivity index (χ4n) is 3.45. The van der Waals surface area contributed by atoms with E-state index in [1.807, 2.05) is 0 Å². The number of hydrogen-bond acceptors (Lipinski definition) is 3. The van der Waals surface area contributed by atoms with E-state index >= 15 is 0 Å². The molecule has 0 bridgehead atoms. The number of nitrogens with one attached hydrogen (secondary N) is 1. The third-order valence-electron chi connectivity index (χ3n) is 4.77. The molecule has 0 radical (unpaired) electrons. The Balaban J connectivity index is 1.52. The van der Waals surface area contributed by atoms with Crippen LogP contribution in [0.15, 0.2) is 0 Å². The molecule has 2 aliphatic rings. The Morgan fingerprint density at radius 3 is 2.68 bits per heavy atom. The normalized spacial score (nSPS) is 26.5. The maximum absolute atomic E-state index is 5.50. The molecule has 3 heteroatoms. The number of rotatable bonds is 6. The van der Waals surface area contributed by atoms with Crippen molar-refractivity contribution in [3.63, 3.8) is 0 Å². The van der Waals surface area contributed by atoms with Gasteiger partial charge in [0.1, 0.15) is 0 Å². The largest absolute Gasteiger partial charge is 0.381 e. The van der Waals surface area contributed by atoms with Crippen LogP contribution in [0, 0.1) is 0 Å². The first kappa shape index (κ1) is 15.3. The van der Waals surface area contributed by atoms with Crippen LogP contribution in [0.2, 0.25) is 0 Å². The van der Waals surface area contributed by atoms with Crippen molar-refractivity contribution in [3.05, 3.63) is 0 Å². The Bertz CT molecular complexity index is 221. The minimum Gasteiger partial charge on any atom is -0.381 e. The summed E-state index contributed by atoms with van der Waals surface area (Å²) < 4.78 is 5.50. The molecule has 0 spiro atoms. The summed E-state index contributed by atoms with van der Waals surface area (Å²) in [5.41, 5.74) is 0. The van der Waals surface area contributed by atoms with Gasteiger partial charge in [-0.2, -0.15) is 0 Å². The van der Waals surface area contributed by atoms with Crippen LogP contribution in [0.25, 0.3) is 0 Å². The zero-order chi connectivity index (χ0) is 13.3. The van der Waals surface area contributed by atoms with E-state index in [-0.39, 0.29) is 0 Å². The highest BCUT2D eigenvalue weighted by Gasteiger charge is 2.17. The first-order chi connectivity index (χ1) is 9.36. The molecule has 0 amide bonds. The van der Waals surface area contributed by atoms with Crippen molar-refractivity contribution in [3.8, 4) is 0 Å². The van der Waals surface area contributed by atoms with Crippen molar-refractivity contribution < 1.29 is 4.74 Å². The topological polar surface area (TPSA) is 24.5 Å². The minimum absolute atomic E-state index is 0.697. The van der Waals surface area contributed by atoms with Crippen LogP contribution in [0.4, 0.5) is 0 Å². The third-order valence-corrected chi connectivity index (χ3v) is 4.77. The summed E-state index contributed by atoms with van der Waals surface area (Å²) in [6.45, 7) is 4.32. The van der Waals surface area contributed by atoms with E-state index in [2.05, 4.69) is 17.3 Å². The Labute approximate surface area is 119 Å². The average Bonchev–Trinajstić information content (AvgIpc) is 2.73. The molecule has 1 aliphatic heterocycles. The maximum atomic E-state index is 5.50. The highest BCUT2D eigenvalue weighted by atomic mass is 16.5. The van der Waals surface area contributed by atoms with Gasteiger partial charge in [0.05, 0.1) is 0 Å². The van der Waals surface area contributed by atoms with Crippen molar-refractivity contribution in [1.82, 2.24) is 10.2 Å². The molecule has 2 rings (SSSR count). The first-order valence-corrected chi connectivity index (χ1v) is 8.37. The van der Waals surface area contributed by atoms with E-state index in [1.165, 1.54) is 70.9 Å². The molecular weight excluding hydrogens is 236 g/mol. The zero-order valence-electron chi connectivity index (χ0n) is 12.7. The molecule has 0 aromatic rings. The van der Waals surface area contributed by atoms with Gasteiger partial charge in [-0.25, -0.2) is 0 Å². The quantitative estimate of drug-likeness (QED) is 0.750. The second-order valence-electron chi connectivity index (χ2n) is 6.32. The van der Waals surface area contributed by atoms with Crippen molar-refractivity contribution in [2.75, 3.05) is 33.4 Å². The summed E-state index contributed by atoms with van der Waals surface area (Å²) in [6, 6.07) is 1.56. The van der Waals surface area contributed by atoms with Crippen molar-refractivity contribution in [2.24, 2.45) is 0 Å². The highest BCUT2D eigenvalue weighted by molar-refractivity contribution is 4.74. The zero-order valence-corrected chi connectivity index (χ0v) is 12.7. The van der Waals surface area contributed by atoms with Crippen LogP contribution in [0.5, 0.6) is 0 Å². The SMILES string of the molecule is CN(CCCNC1CCCOCC1)C1CCCCC1. The molecule has 2 fully saturated rings. The number of hydrogen-bond donors (Lipinski definition) is 1. The van der Waals surface area contributed by atoms with Gasteiger partial charge >= 0.3 is 0 Å². The fraction of sp³-hybridized carbons (Fsp3) is 1.00. The summed E-state index contributed by atoms with van der Waals surface area (Å²) >= 11 is 0. The Hall–Kier alpha value is -0.120. The Kier molecular flexibility index (Phi) is 7.18. The molecule has 1 N–H and O–H groups in total. The molecule has 1 saturated carbocycles. The van der Waals surface area contributed by atoms with Gasteiger partial charge < -0.3 is 15.0 Å². The van der Waals surface area contributed by atoms with Crippen LogP contribution in [0.1, 0.15) is 57.8 Å². The van der Waals surface area contributed by atoms with Crippen LogP contribution in [-0.4, -0.2) is 50.3 Å². The summed E-state index contributed by atoms with van der Waals surface area (Å²) in [7, 11) is 2.31. The van der Waals surface area contributed by atoms with Crippen LogP contribution < -0.4 is 5.32 Å². The standard InChI is InChI=1S/C16H32N2O/c1-18(16-8-3-2-4-9-16)12-6-11-17-15-7-5-13-19-14-10-15/h15-17H,2-14H2,1H3. The summed E-state index contributed by atoms with van der Waals surface area (Å²) in [4.78, 5) is 2.59. The van der Waals surface area contributed by atoms with Gasteiger partial charge in [-0.15, -0.1) is 0 Å². The Morgan fingerprint density at radius 2 is 1.84 bits per heavy atom. The van der Waals surface area contributed by atoms with E-state index in [0.29, 0.717) is 6.04 Å². The average molecular weight is 268 g/mol. The molecule has 1 unspecified atom stereocenters. The van der Waals surface area contributed by atoms with Crippen LogP contribution in [0.3, 0.4) is 0 Å². The second kappa shape index (κ2) is 8.93. The van der Waals surface area contributed by atoms with Gasteiger partial charge in [0.2, 0.25) is 0 Å². The predicted octanol–water partition coefficient (Wildman–Crippen LogP) is 2.80. The maximum Gasteiger partial charge on any atom is 0.0480 e. The van der Waals surface area contributed by atoms with Gasteiger partial charge in [-0.1, -0.05) is 19.3 Å². The lowest BCUT2D eigenvalue weighted by atomic mass is 9.94. The van der Waals surface area contributed by atoms with E-state index in [1.54, 1.807) is 0 Å². The van der Waals surface area contributed by atoms with Gasteiger partial charge in [0.15, 0.2) is 0 Å². The molecule has 3 nitrogen and oxygen atoms in total. The number of nitrogens with zero attached hydrogens (tertiary/aromatic N) is 1. The van der Waals surface area contributed by atoms with Crippen molar-refractivity contribution >= 4 is 0 Å². The van der Waals surface area contributed by atoms with E-state index in [9.17, 15) is 0 Å². The smallest absolute Gasteiger partial charge is 0.0480 e. The molecule has 1 atom stereocenters. The Morgan fingerprint density at radius 1 is 1.00 bits per heavy atom. The van der Waals surface area contributed by atoms with Gasteiger partial charge in [-0.3, -0.25) is 0 Å². The monoisotopic (exact) mass is 268 g/mol. The van der Waals surface area contributed by atoms with Crippen LogP contribution in [-0.2, 0) is 4.74 Å². The van der Waals surface area contributed by atoms with Crippen molar-refractivity contribution in [2.45, 2.75) is 69.9 Å². The summed E-state index contributed by atoms with van der Waals surface area (Å²) in [5.74, 6) is 0. The van der Waals surface area contributed by atoms with Gasteiger partial charge in [0.25, 0.3) is 0 Å². The molecule has 19 heavy (non-hydrogen) atoms. The van der Waals surface area contributed by atoms with E-state index in [0.717, 1.165) is 19.3 Å². The highest BCUT2D eigenvalue weighted by Crippen LogP contribution is 2.21. The van der Waals surface area contributed by atoms with E-state index < -0.39 is 0 Å². The molecule has 112 valence electrons. The molecule has 0 aromatic heterocycles. The lowest BCUT2D eigenvalue weighted by Crippen LogP contribution is -2.36. The molecule has 1 aliphatic carbocycles. The van der Waals surface area contributed by atoms with Gasteiger partial charge in [-0.05, 0) is 58.7 Å². The third kappa shape index (κ3) is 5.80. The summed E-state index contributed by atoms with van der Waals surface area (Å²) in [5, 5.41) is 3.71. The lowest BCUT2D eigenvalue weighted by Gasteiger charge is -2.31. The van der Waals surface area contributed by atoms with E-state index in [4.69, 9.17) is 4.74 Å². The fourth-order valence-corrected chi connectivity index (χ4v) is 3.45.